The normalized spacial score (nSPS) is 10.8. The van der Waals surface area contributed by atoms with Gasteiger partial charge in [-0.3, -0.25) is 0 Å². The lowest BCUT2D eigenvalue weighted by Crippen LogP contribution is -2.00. The highest BCUT2D eigenvalue weighted by Gasteiger charge is 1.65. The van der Waals surface area contributed by atoms with E-state index >= 15 is 0 Å². The molecule has 0 aliphatic rings. The van der Waals surface area contributed by atoms with Gasteiger partial charge in [-0.25, -0.2) is 0 Å². The molecule has 0 heterocycles. The lowest BCUT2D eigenvalue weighted by molar-refractivity contribution is 0.640. The van der Waals surface area contributed by atoms with E-state index in [1.165, 1.54) is 0 Å². The molecule has 32 valence electrons. The fourth-order valence-electron chi connectivity index (χ4n) is 0.0791. The maximum atomic E-state index is 8.03. The molecule has 0 spiro atoms. The number of hydrogen-bond donors (Lipinski definition) is 2. The summed E-state index contributed by atoms with van der Waals surface area (Å²) in [6.07, 6.45) is 0.722. The summed E-state index contributed by atoms with van der Waals surface area (Å²) in [5.74, 6) is 0. The van der Waals surface area contributed by atoms with E-state index in [2.05, 4.69) is 5.32 Å². The molecule has 0 aromatic heterocycles. The van der Waals surface area contributed by atoms with Gasteiger partial charge in [0.05, 0.1) is 0 Å². The van der Waals surface area contributed by atoms with Gasteiger partial charge in [-0.2, -0.15) is 0 Å². The minimum atomic E-state index is 0.0467. The molecule has 0 fully saturated rings. The number of hydrogen-bond acceptors (Lipinski definition) is 2. The van der Waals surface area contributed by atoms with E-state index < -0.39 is 0 Å². The van der Waals surface area contributed by atoms with Crippen molar-refractivity contribution in [1.29, 1.82) is 0 Å². The molecule has 2 nitrogen and oxygen atoms in total. The predicted octanol–water partition coefficient (Wildman–Crippen LogP) is -0.251. The second kappa shape index (κ2) is 4.35. The number of nitrogens with one attached hydrogen (secondary N) is 1. The van der Waals surface area contributed by atoms with Crippen molar-refractivity contribution in [2.75, 3.05) is 13.3 Å². The van der Waals surface area contributed by atoms with Crippen LogP contribution in [0.3, 0.4) is 0 Å². The fourth-order valence-corrected chi connectivity index (χ4v) is 0.237. The molecule has 0 saturated heterocycles. The Morgan fingerprint density at radius 3 is 2.60 bits per heavy atom. The SMILES string of the molecule is CNCPO. The van der Waals surface area contributed by atoms with E-state index in [1.54, 1.807) is 0 Å². The van der Waals surface area contributed by atoms with Crippen molar-refractivity contribution < 1.29 is 4.89 Å². The Kier molecular flexibility index (Phi) is 4.65. The Hall–Kier alpha value is 0.350. The van der Waals surface area contributed by atoms with Crippen molar-refractivity contribution in [3.05, 3.63) is 0 Å². The largest absolute Gasteiger partial charge is 0.376 e. The van der Waals surface area contributed by atoms with Gasteiger partial charge in [-0.05, 0) is 7.05 Å². The Bertz CT molecular complexity index is 17.1. The van der Waals surface area contributed by atoms with E-state index in [4.69, 9.17) is 4.89 Å². The van der Waals surface area contributed by atoms with Crippen LogP contribution < -0.4 is 5.32 Å². The second-order valence-electron chi connectivity index (χ2n) is 0.688. The first-order chi connectivity index (χ1) is 2.41. The van der Waals surface area contributed by atoms with Crippen LogP contribution >= 0.6 is 8.81 Å². The molecule has 1 unspecified atom stereocenters. The van der Waals surface area contributed by atoms with Crippen LogP contribution in [0, 0.1) is 0 Å². The van der Waals surface area contributed by atoms with Crippen LogP contribution in [-0.2, 0) is 0 Å². The molecule has 0 rings (SSSR count). The van der Waals surface area contributed by atoms with Gasteiger partial charge in [-0.1, -0.05) is 0 Å². The molecule has 2 N–H and O–H groups in total. The number of rotatable bonds is 2. The molecular weight excluding hydrogens is 85.0 g/mol. The summed E-state index contributed by atoms with van der Waals surface area (Å²) < 4.78 is 0. The van der Waals surface area contributed by atoms with Crippen molar-refractivity contribution >= 4 is 8.81 Å². The van der Waals surface area contributed by atoms with E-state index in [0.29, 0.717) is 0 Å². The molecule has 0 amide bonds. The topological polar surface area (TPSA) is 32.3 Å². The maximum Gasteiger partial charge on any atom is 0.0368 e. The zero-order valence-electron chi connectivity index (χ0n) is 3.15. The molecule has 0 aromatic rings. The van der Waals surface area contributed by atoms with Crippen LogP contribution in [0.15, 0.2) is 0 Å². The van der Waals surface area contributed by atoms with Crippen molar-refractivity contribution in [2.45, 2.75) is 0 Å². The second-order valence-corrected chi connectivity index (χ2v) is 1.36. The fraction of sp³-hybridized carbons (Fsp3) is 1.00. The molecule has 0 aliphatic heterocycles. The lowest BCUT2D eigenvalue weighted by Gasteiger charge is -1.84. The van der Waals surface area contributed by atoms with Gasteiger partial charge in [0.2, 0.25) is 0 Å². The zero-order valence-corrected chi connectivity index (χ0v) is 4.15. The standard InChI is InChI=1S/C2H8NOP/c1-3-2-5-4/h3-5H,2H2,1H3. The Balaban J connectivity index is 2.19. The monoisotopic (exact) mass is 93.0 g/mol. The van der Waals surface area contributed by atoms with Crippen LogP contribution in [0.4, 0.5) is 0 Å². The highest BCUT2D eigenvalue weighted by molar-refractivity contribution is 7.30. The Morgan fingerprint density at radius 2 is 2.60 bits per heavy atom. The lowest BCUT2D eigenvalue weighted by atomic mass is 11.3. The third-order valence-corrected chi connectivity index (χ3v) is 0.768. The van der Waals surface area contributed by atoms with Crippen LogP contribution in [0.2, 0.25) is 0 Å². The summed E-state index contributed by atoms with van der Waals surface area (Å²) >= 11 is 0. The van der Waals surface area contributed by atoms with E-state index in [1.807, 2.05) is 7.05 Å². The third kappa shape index (κ3) is 4.35. The van der Waals surface area contributed by atoms with Crippen LogP contribution in [0.25, 0.3) is 0 Å². The quantitative estimate of drug-likeness (QED) is 0.461. The zero-order chi connectivity index (χ0) is 4.12. The van der Waals surface area contributed by atoms with E-state index in [9.17, 15) is 0 Å². The van der Waals surface area contributed by atoms with Gasteiger partial charge in [0.25, 0.3) is 0 Å². The van der Waals surface area contributed by atoms with E-state index in [0.717, 1.165) is 6.29 Å². The van der Waals surface area contributed by atoms with Gasteiger partial charge in [0.1, 0.15) is 0 Å². The van der Waals surface area contributed by atoms with Crippen molar-refractivity contribution in [3.63, 3.8) is 0 Å². The Morgan fingerprint density at radius 1 is 2.00 bits per heavy atom. The van der Waals surface area contributed by atoms with Crippen LogP contribution in [-0.4, -0.2) is 18.2 Å². The first-order valence-electron chi connectivity index (χ1n) is 1.43. The first-order valence-corrected chi connectivity index (χ1v) is 2.59. The summed E-state index contributed by atoms with van der Waals surface area (Å²) in [5, 5.41) is 2.78. The molecule has 0 bridgehead atoms. The van der Waals surface area contributed by atoms with Gasteiger partial charge in [0, 0.05) is 15.1 Å². The van der Waals surface area contributed by atoms with Crippen LogP contribution in [0.5, 0.6) is 0 Å². The minimum absolute atomic E-state index is 0.0467. The molecule has 0 radical (unpaired) electrons. The smallest absolute Gasteiger partial charge is 0.0368 e. The molecule has 3 heteroatoms. The average Bonchev–Trinajstić information content (AvgIpc) is 1.41. The molecular formula is C2H8NOP. The summed E-state index contributed by atoms with van der Waals surface area (Å²) in [6.45, 7) is 0. The molecule has 5 heavy (non-hydrogen) atoms. The summed E-state index contributed by atoms with van der Waals surface area (Å²) in [4.78, 5) is 8.03. The minimum Gasteiger partial charge on any atom is -0.376 e. The molecule has 1 atom stereocenters. The van der Waals surface area contributed by atoms with Gasteiger partial charge in [-0.15, -0.1) is 0 Å². The van der Waals surface area contributed by atoms with Gasteiger partial charge in [0.15, 0.2) is 0 Å². The molecule has 0 aliphatic carbocycles. The molecule has 0 saturated carbocycles. The summed E-state index contributed by atoms with van der Waals surface area (Å²) in [5.41, 5.74) is 0. The maximum absolute atomic E-state index is 8.03. The van der Waals surface area contributed by atoms with Gasteiger partial charge < -0.3 is 10.2 Å². The third-order valence-electron chi connectivity index (χ3n) is 0.256. The summed E-state index contributed by atoms with van der Waals surface area (Å²) in [6, 6.07) is 0. The average molecular weight is 93.1 g/mol. The predicted molar refractivity (Wildman–Crippen MR) is 24.5 cm³/mol. The van der Waals surface area contributed by atoms with E-state index in [-0.39, 0.29) is 8.81 Å². The molecule has 0 aromatic carbocycles. The summed E-state index contributed by atoms with van der Waals surface area (Å²) in [7, 11) is 1.86. The van der Waals surface area contributed by atoms with Crippen molar-refractivity contribution in [2.24, 2.45) is 0 Å². The Labute approximate surface area is 33.4 Å². The van der Waals surface area contributed by atoms with Crippen molar-refractivity contribution in [1.82, 2.24) is 5.32 Å². The van der Waals surface area contributed by atoms with Crippen molar-refractivity contribution in [3.8, 4) is 0 Å². The van der Waals surface area contributed by atoms with Crippen LogP contribution in [0.1, 0.15) is 0 Å². The first kappa shape index (κ1) is 5.35. The highest BCUT2D eigenvalue weighted by Crippen LogP contribution is 1.92. The van der Waals surface area contributed by atoms with Gasteiger partial charge >= 0.3 is 0 Å². The highest BCUT2D eigenvalue weighted by atomic mass is 31.1.